The third kappa shape index (κ3) is 3.40. The molecule has 6 heteroatoms. The van der Waals surface area contributed by atoms with Crippen LogP contribution in [0.4, 0.5) is 5.69 Å². The highest BCUT2D eigenvalue weighted by molar-refractivity contribution is 6.33. The Hall–Kier alpha value is -1.07. The summed E-state index contributed by atoms with van der Waals surface area (Å²) in [6, 6.07) is 0.787. The van der Waals surface area contributed by atoms with Crippen molar-refractivity contribution < 1.29 is 0 Å². The number of hydrogen-bond donors (Lipinski definition) is 1. The van der Waals surface area contributed by atoms with Crippen molar-refractivity contribution in [1.82, 2.24) is 15.1 Å². The molecule has 1 aliphatic heterocycles. The number of halogens is 1. The summed E-state index contributed by atoms with van der Waals surface area (Å²) in [5.74, 6) is 0. The summed E-state index contributed by atoms with van der Waals surface area (Å²) < 4.78 is 1.45. The molecule has 2 unspecified atom stereocenters. The number of nitrogens with zero attached hydrogens (tertiary/aromatic N) is 3. The van der Waals surface area contributed by atoms with Gasteiger partial charge in [-0.05, 0) is 19.3 Å². The van der Waals surface area contributed by atoms with E-state index >= 15 is 0 Å². The van der Waals surface area contributed by atoms with Gasteiger partial charge in [0.05, 0.1) is 11.9 Å². The second-order valence-electron chi connectivity index (χ2n) is 5.60. The van der Waals surface area contributed by atoms with Gasteiger partial charge >= 0.3 is 0 Å². The lowest BCUT2D eigenvalue weighted by Gasteiger charge is -2.41. The number of nitrogens with one attached hydrogen (secondary N) is 1. The second-order valence-corrected chi connectivity index (χ2v) is 5.98. The zero-order valence-corrected chi connectivity index (χ0v) is 13.9. The van der Waals surface area contributed by atoms with Gasteiger partial charge in [0.15, 0.2) is 0 Å². The van der Waals surface area contributed by atoms with Crippen LogP contribution >= 0.6 is 11.6 Å². The maximum Gasteiger partial charge on any atom is 0.287 e. The summed E-state index contributed by atoms with van der Waals surface area (Å²) in [5.41, 5.74) is 0.596. The Kier molecular flexibility index (Phi) is 5.65. The molecule has 1 saturated heterocycles. The van der Waals surface area contributed by atoms with Crippen molar-refractivity contribution in [2.24, 2.45) is 0 Å². The van der Waals surface area contributed by atoms with Crippen LogP contribution in [0.2, 0.25) is 5.02 Å². The third-order valence-corrected chi connectivity index (χ3v) is 4.53. The molecule has 1 aromatic heterocycles. The lowest BCUT2D eigenvalue weighted by Crippen LogP contribution is -2.56. The number of hydrogen-bond acceptors (Lipinski definition) is 4. The van der Waals surface area contributed by atoms with E-state index in [9.17, 15) is 4.79 Å². The molecule has 1 aromatic rings. The summed E-state index contributed by atoms with van der Waals surface area (Å²) in [5, 5.41) is 8.13. The third-order valence-electron chi connectivity index (χ3n) is 4.18. The molecule has 5 nitrogen and oxygen atoms in total. The summed E-state index contributed by atoms with van der Waals surface area (Å²) in [6.07, 6.45) is 4.69. The summed E-state index contributed by atoms with van der Waals surface area (Å²) in [7, 11) is 0. The van der Waals surface area contributed by atoms with E-state index in [1.165, 1.54) is 4.68 Å². The molecular formula is C15H25ClN4O. The Morgan fingerprint density at radius 1 is 1.38 bits per heavy atom. The molecule has 118 valence electrons. The molecule has 0 amide bonds. The van der Waals surface area contributed by atoms with E-state index < -0.39 is 0 Å². The zero-order chi connectivity index (χ0) is 15.4. The number of aromatic nitrogens is 2. The highest BCUT2D eigenvalue weighted by atomic mass is 35.5. The lowest BCUT2D eigenvalue weighted by molar-refractivity contribution is 0.378. The maximum absolute atomic E-state index is 12.3. The SMILES string of the molecule is CCCn1ncc(N2CC(CC)NCC2CC)c(Cl)c1=O. The molecule has 0 radical (unpaired) electrons. The molecule has 0 bridgehead atoms. The van der Waals surface area contributed by atoms with E-state index in [0.29, 0.717) is 23.7 Å². The van der Waals surface area contributed by atoms with Crippen LogP contribution in [-0.2, 0) is 6.54 Å². The van der Waals surface area contributed by atoms with Crippen LogP contribution in [0.1, 0.15) is 40.0 Å². The molecule has 0 aromatic carbocycles. The van der Waals surface area contributed by atoms with Crippen LogP contribution in [0, 0.1) is 0 Å². The quantitative estimate of drug-likeness (QED) is 0.906. The van der Waals surface area contributed by atoms with Gasteiger partial charge in [-0.3, -0.25) is 4.79 Å². The van der Waals surface area contributed by atoms with Crippen molar-refractivity contribution in [3.8, 4) is 0 Å². The first-order valence-corrected chi connectivity index (χ1v) is 8.25. The smallest absolute Gasteiger partial charge is 0.287 e. The van der Waals surface area contributed by atoms with Gasteiger partial charge in [-0.25, -0.2) is 4.68 Å². The zero-order valence-electron chi connectivity index (χ0n) is 13.1. The fourth-order valence-electron chi connectivity index (χ4n) is 2.82. The minimum atomic E-state index is -0.183. The minimum Gasteiger partial charge on any atom is -0.363 e. The van der Waals surface area contributed by atoms with Gasteiger partial charge in [-0.15, -0.1) is 0 Å². The van der Waals surface area contributed by atoms with E-state index in [1.807, 2.05) is 6.92 Å². The standard InChI is InChI=1S/C15H25ClN4O/c1-4-7-20-15(21)14(16)13(9-18-20)19-10-11(5-2)17-8-12(19)6-3/h9,11-12,17H,4-8,10H2,1-3H3. The van der Waals surface area contributed by atoms with Crippen LogP contribution in [0.15, 0.2) is 11.0 Å². The Morgan fingerprint density at radius 3 is 2.76 bits per heavy atom. The molecule has 0 saturated carbocycles. The van der Waals surface area contributed by atoms with Crippen LogP contribution in [0.25, 0.3) is 0 Å². The molecule has 21 heavy (non-hydrogen) atoms. The van der Waals surface area contributed by atoms with Gasteiger partial charge in [0, 0.05) is 31.7 Å². The Morgan fingerprint density at radius 2 is 2.14 bits per heavy atom. The highest BCUT2D eigenvalue weighted by Crippen LogP contribution is 2.26. The molecular weight excluding hydrogens is 288 g/mol. The van der Waals surface area contributed by atoms with E-state index in [2.05, 4.69) is 29.2 Å². The number of aryl methyl sites for hydroxylation is 1. The van der Waals surface area contributed by atoms with Crippen LogP contribution in [0.5, 0.6) is 0 Å². The predicted molar refractivity (Wildman–Crippen MR) is 87.3 cm³/mol. The number of rotatable bonds is 5. The fraction of sp³-hybridized carbons (Fsp3) is 0.733. The van der Waals surface area contributed by atoms with Crippen LogP contribution in [0.3, 0.4) is 0 Å². The van der Waals surface area contributed by atoms with Crippen LogP contribution in [-0.4, -0.2) is 35.0 Å². The highest BCUT2D eigenvalue weighted by Gasteiger charge is 2.28. The van der Waals surface area contributed by atoms with E-state index in [1.54, 1.807) is 6.20 Å². The molecule has 2 rings (SSSR count). The normalized spacial score (nSPS) is 22.6. The van der Waals surface area contributed by atoms with Crippen LogP contribution < -0.4 is 15.8 Å². The molecule has 2 heterocycles. The number of piperazine rings is 1. The predicted octanol–water partition coefficient (Wildman–Crippen LogP) is 2.27. The Bertz CT molecular complexity index is 531. The molecule has 0 spiro atoms. The average molecular weight is 313 g/mol. The topological polar surface area (TPSA) is 50.2 Å². The second kappa shape index (κ2) is 7.27. The summed E-state index contributed by atoms with van der Waals surface area (Å²) in [6.45, 7) is 8.74. The van der Waals surface area contributed by atoms with Crippen molar-refractivity contribution in [2.45, 2.75) is 58.7 Å². The van der Waals surface area contributed by atoms with Crippen molar-refractivity contribution in [3.05, 3.63) is 21.6 Å². The van der Waals surface area contributed by atoms with Gasteiger partial charge in [-0.2, -0.15) is 5.10 Å². The lowest BCUT2D eigenvalue weighted by atomic mass is 10.0. The fourth-order valence-corrected chi connectivity index (χ4v) is 3.08. The van der Waals surface area contributed by atoms with Gasteiger partial charge in [-0.1, -0.05) is 32.4 Å². The Balaban J connectivity index is 2.34. The van der Waals surface area contributed by atoms with E-state index in [0.717, 1.165) is 38.0 Å². The van der Waals surface area contributed by atoms with Crippen molar-refractivity contribution >= 4 is 17.3 Å². The van der Waals surface area contributed by atoms with E-state index in [4.69, 9.17) is 11.6 Å². The molecule has 1 fully saturated rings. The summed E-state index contributed by atoms with van der Waals surface area (Å²) in [4.78, 5) is 14.5. The van der Waals surface area contributed by atoms with Gasteiger partial charge in [0.2, 0.25) is 0 Å². The molecule has 1 N–H and O–H groups in total. The van der Waals surface area contributed by atoms with Crippen molar-refractivity contribution in [3.63, 3.8) is 0 Å². The first-order valence-electron chi connectivity index (χ1n) is 7.87. The molecule has 2 atom stereocenters. The average Bonchev–Trinajstić information content (AvgIpc) is 2.51. The summed E-state index contributed by atoms with van der Waals surface area (Å²) >= 11 is 6.35. The molecule has 1 aliphatic rings. The molecule has 0 aliphatic carbocycles. The Labute approximate surface area is 131 Å². The van der Waals surface area contributed by atoms with Crippen molar-refractivity contribution in [2.75, 3.05) is 18.0 Å². The monoisotopic (exact) mass is 312 g/mol. The first kappa shape index (κ1) is 16.3. The van der Waals surface area contributed by atoms with Gasteiger partial charge < -0.3 is 10.2 Å². The minimum absolute atomic E-state index is 0.183. The number of anilines is 1. The van der Waals surface area contributed by atoms with Crippen molar-refractivity contribution in [1.29, 1.82) is 0 Å². The van der Waals surface area contributed by atoms with Gasteiger partial charge in [0.25, 0.3) is 5.56 Å². The first-order chi connectivity index (χ1) is 10.1. The van der Waals surface area contributed by atoms with E-state index in [-0.39, 0.29) is 5.56 Å². The van der Waals surface area contributed by atoms with Gasteiger partial charge in [0.1, 0.15) is 5.02 Å². The maximum atomic E-state index is 12.3. The largest absolute Gasteiger partial charge is 0.363 e.